The normalized spacial score (nSPS) is 23.8. The van der Waals surface area contributed by atoms with Gasteiger partial charge in [0, 0.05) is 43.5 Å². The molecule has 1 N–H and O–H groups in total. The van der Waals surface area contributed by atoms with E-state index in [1.54, 1.807) is 0 Å². The summed E-state index contributed by atoms with van der Waals surface area (Å²) in [6, 6.07) is 13.6. The highest BCUT2D eigenvalue weighted by atomic mass is 16.5. The van der Waals surface area contributed by atoms with Gasteiger partial charge in [0.25, 0.3) is 0 Å². The number of anilines is 2. The molecule has 210 valence electrons. The standard InChI is InChI=1S/C31H48N4O3/c1-22(2)24-8-10-25(11-9-24)34-19-28(38-30(20-34)31(4,5)36)16-23(3)29-13-12-26(17-32-29)35-14-15-37-21-27(35)18-33(6)7/h8-13,17,22-23,27-28,30,36H,14-16,18-21H2,1-7H3. The molecule has 0 amide bonds. The van der Waals surface area contributed by atoms with Crippen molar-refractivity contribution in [3.8, 4) is 0 Å². The van der Waals surface area contributed by atoms with Gasteiger partial charge in [-0.25, -0.2) is 0 Å². The molecule has 1 aromatic heterocycles. The molecule has 2 fully saturated rings. The Bertz CT molecular complexity index is 1000. The zero-order chi connectivity index (χ0) is 27.4. The Labute approximate surface area is 229 Å². The molecule has 2 aliphatic rings. The lowest BCUT2D eigenvalue weighted by Gasteiger charge is -2.44. The molecule has 4 rings (SSSR count). The van der Waals surface area contributed by atoms with Crippen LogP contribution in [0.3, 0.4) is 0 Å². The van der Waals surface area contributed by atoms with Crippen LogP contribution in [-0.2, 0) is 9.47 Å². The van der Waals surface area contributed by atoms with E-state index in [1.807, 2.05) is 20.0 Å². The molecule has 0 spiro atoms. The molecule has 2 saturated heterocycles. The van der Waals surface area contributed by atoms with Gasteiger partial charge in [0.2, 0.25) is 0 Å². The van der Waals surface area contributed by atoms with Gasteiger partial charge >= 0.3 is 0 Å². The van der Waals surface area contributed by atoms with Crippen LogP contribution in [0.5, 0.6) is 0 Å². The number of pyridine rings is 1. The van der Waals surface area contributed by atoms with Crippen LogP contribution in [-0.4, -0.2) is 92.3 Å². The van der Waals surface area contributed by atoms with E-state index in [9.17, 15) is 5.11 Å². The van der Waals surface area contributed by atoms with Crippen molar-refractivity contribution >= 4 is 11.4 Å². The summed E-state index contributed by atoms with van der Waals surface area (Å²) in [5, 5.41) is 10.8. The predicted molar refractivity (Wildman–Crippen MR) is 155 cm³/mol. The minimum atomic E-state index is -0.917. The Kier molecular flexibility index (Phi) is 9.35. The average Bonchev–Trinajstić information content (AvgIpc) is 2.88. The van der Waals surface area contributed by atoms with Crippen molar-refractivity contribution in [2.24, 2.45) is 0 Å². The summed E-state index contributed by atoms with van der Waals surface area (Å²) in [7, 11) is 4.21. The van der Waals surface area contributed by atoms with Crippen molar-refractivity contribution in [1.29, 1.82) is 0 Å². The third-order valence-electron chi connectivity index (χ3n) is 7.91. The summed E-state index contributed by atoms with van der Waals surface area (Å²) in [5.74, 6) is 0.745. The number of morpholine rings is 2. The van der Waals surface area contributed by atoms with Gasteiger partial charge in [0.1, 0.15) is 6.10 Å². The molecule has 2 aliphatic heterocycles. The van der Waals surface area contributed by atoms with Crippen molar-refractivity contribution in [2.45, 2.75) is 76.7 Å². The van der Waals surface area contributed by atoms with Crippen molar-refractivity contribution in [3.63, 3.8) is 0 Å². The van der Waals surface area contributed by atoms with Crippen LogP contribution in [0.25, 0.3) is 0 Å². The van der Waals surface area contributed by atoms with Gasteiger partial charge < -0.3 is 29.3 Å². The zero-order valence-electron chi connectivity index (χ0n) is 24.4. The van der Waals surface area contributed by atoms with E-state index < -0.39 is 5.60 Å². The summed E-state index contributed by atoms with van der Waals surface area (Å²) in [6.07, 6.45) is 2.61. The SMILES string of the molecule is CC(C)c1ccc(N2CC(CC(C)c3ccc(N4CCOCC4CN(C)C)cn3)OC(C(C)(C)O)C2)cc1. The Balaban J connectivity index is 1.44. The molecule has 7 heteroatoms. The third-order valence-corrected chi connectivity index (χ3v) is 7.91. The molecule has 1 aromatic carbocycles. The first-order chi connectivity index (χ1) is 18.0. The van der Waals surface area contributed by atoms with Crippen molar-refractivity contribution in [3.05, 3.63) is 53.9 Å². The van der Waals surface area contributed by atoms with Gasteiger partial charge in [-0.05, 0) is 70.1 Å². The molecule has 4 atom stereocenters. The van der Waals surface area contributed by atoms with Crippen LogP contribution < -0.4 is 9.80 Å². The lowest BCUT2D eigenvalue weighted by Crippen LogP contribution is -2.55. The summed E-state index contributed by atoms with van der Waals surface area (Å²) >= 11 is 0. The third kappa shape index (κ3) is 7.26. The summed E-state index contributed by atoms with van der Waals surface area (Å²) < 4.78 is 12.2. The molecule has 4 unspecified atom stereocenters. The maximum absolute atomic E-state index is 10.8. The second kappa shape index (κ2) is 12.3. The number of rotatable bonds is 9. The van der Waals surface area contributed by atoms with Gasteiger partial charge in [-0.1, -0.05) is 32.9 Å². The number of benzene rings is 1. The molecule has 0 bridgehead atoms. The van der Waals surface area contributed by atoms with Crippen LogP contribution in [0.2, 0.25) is 0 Å². The Morgan fingerprint density at radius 2 is 1.76 bits per heavy atom. The van der Waals surface area contributed by atoms with Crippen LogP contribution in [0.1, 0.15) is 64.1 Å². The van der Waals surface area contributed by atoms with Gasteiger partial charge in [0.05, 0.1) is 42.8 Å². The molecule has 0 aliphatic carbocycles. The van der Waals surface area contributed by atoms with Crippen molar-refractivity contribution < 1.29 is 14.6 Å². The van der Waals surface area contributed by atoms with Crippen LogP contribution >= 0.6 is 0 Å². The van der Waals surface area contributed by atoms with E-state index in [1.165, 1.54) is 11.3 Å². The highest BCUT2D eigenvalue weighted by Crippen LogP contribution is 2.31. The van der Waals surface area contributed by atoms with Gasteiger partial charge in [-0.2, -0.15) is 0 Å². The number of hydrogen-bond acceptors (Lipinski definition) is 7. The highest BCUT2D eigenvalue weighted by molar-refractivity contribution is 5.49. The fourth-order valence-electron chi connectivity index (χ4n) is 5.58. The average molecular weight is 525 g/mol. The summed E-state index contributed by atoms with van der Waals surface area (Å²) in [6.45, 7) is 15.2. The zero-order valence-corrected chi connectivity index (χ0v) is 24.4. The smallest absolute Gasteiger partial charge is 0.103 e. The topological polar surface area (TPSA) is 61.3 Å². The molecular weight excluding hydrogens is 476 g/mol. The van der Waals surface area contributed by atoms with Crippen LogP contribution in [0, 0.1) is 0 Å². The largest absolute Gasteiger partial charge is 0.388 e. The first kappa shape index (κ1) is 28.8. The molecule has 7 nitrogen and oxygen atoms in total. The van der Waals surface area contributed by atoms with E-state index in [-0.39, 0.29) is 18.1 Å². The number of hydrogen-bond donors (Lipinski definition) is 1. The fraction of sp³-hybridized carbons (Fsp3) is 0.645. The Morgan fingerprint density at radius 3 is 2.37 bits per heavy atom. The number of nitrogens with zero attached hydrogens (tertiary/aromatic N) is 4. The molecule has 38 heavy (non-hydrogen) atoms. The number of aliphatic hydroxyl groups is 1. The van der Waals surface area contributed by atoms with Gasteiger partial charge in [-0.3, -0.25) is 4.98 Å². The second-order valence-corrected chi connectivity index (χ2v) is 12.3. The number of likely N-dealkylation sites (N-methyl/N-ethyl adjacent to an activating group) is 1. The first-order valence-corrected chi connectivity index (χ1v) is 14.2. The van der Waals surface area contributed by atoms with E-state index >= 15 is 0 Å². The molecule has 2 aromatic rings. The second-order valence-electron chi connectivity index (χ2n) is 12.3. The number of ether oxygens (including phenoxy) is 2. The maximum Gasteiger partial charge on any atom is 0.103 e. The maximum atomic E-state index is 10.8. The van der Waals surface area contributed by atoms with E-state index in [2.05, 4.69) is 86.0 Å². The van der Waals surface area contributed by atoms with E-state index in [0.29, 0.717) is 18.5 Å². The first-order valence-electron chi connectivity index (χ1n) is 14.2. The summed E-state index contributed by atoms with van der Waals surface area (Å²) in [4.78, 5) is 11.9. The molecule has 0 saturated carbocycles. The van der Waals surface area contributed by atoms with Crippen molar-refractivity contribution in [2.75, 3.05) is 63.3 Å². The van der Waals surface area contributed by atoms with Gasteiger partial charge in [-0.15, -0.1) is 0 Å². The quantitative estimate of drug-likeness (QED) is 0.518. The van der Waals surface area contributed by atoms with E-state index in [4.69, 9.17) is 14.5 Å². The van der Waals surface area contributed by atoms with Gasteiger partial charge in [0.15, 0.2) is 0 Å². The highest BCUT2D eigenvalue weighted by Gasteiger charge is 2.37. The molecule has 3 heterocycles. The predicted octanol–water partition coefficient (Wildman–Crippen LogP) is 4.51. The van der Waals surface area contributed by atoms with Crippen LogP contribution in [0.4, 0.5) is 11.4 Å². The summed E-state index contributed by atoms with van der Waals surface area (Å²) in [5.41, 5.74) is 3.84. The molecule has 0 radical (unpaired) electrons. The van der Waals surface area contributed by atoms with E-state index in [0.717, 1.165) is 50.7 Å². The Morgan fingerprint density at radius 1 is 1.05 bits per heavy atom. The lowest BCUT2D eigenvalue weighted by molar-refractivity contribution is -0.127. The van der Waals surface area contributed by atoms with Crippen molar-refractivity contribution in [1.82, 2.24) is 9.88 Å². The lowest BCUT2D eigenvalue weighted by atomic mass is 9.94. The fourth-order valence-corrected chi connectivity index (χ4v) is 5.58. The monoisotopic (exact) mass is 524 g/mol. The number of aromatic nitrogens is 1. The minimum Gasteiger partial charge on any atom is -0.388 e. The molecular formula is C31H48N4O3. The Hall–Kier alpha value is -2.19. The van der Waals surface area contributed by atoms with Crippen LogP contribution in [0.15, 0.2) is 42.6 Å². The minimum absolute atomic E-state index is 0.00476.